The molecule has 90 valence electrons. The van der Waals surface area contributed by atoms with Gasteiger partial charge in [-0.1, -0.05) is 11.6 Å². The average molecular weight is 256 g/mol. The number of anilines is 1. The molecule has 0 aliphatic heterocycles. The Labute approximate surface area is 102 Å². The second-order valence-electron chi connectivity index (χ2n) is 3.77. The molecule has 2 rings (SSSR count). The van der Waals surface area contributed by atoms with Crippen molar-refractivity contribution < 1.29 is 9.50 Å². The first-order valence-corrected chi connectivity index (χ1v) is 5.27. The highest BCUT2D eigenvalue weighted by atomic mass is 35.5. The predicted molar refractivity (Wildman–Crippen MR) is 64.4 cm³/mol. The van der Waals surface area contributed by atoms with E-state index in [-0.39, 0.29) is 21.9 Å². The molecule has 0 aliphatic carbocycles. The maximum Gasteiger partial charge on any atom is 0.144 e. The number of hydrogen-bond donors (Lipinski definition) is 2. The van der Waals surface area contributed by atoms with E-state index in [4.69, 9.17) is 17.3 Å². The number of phenolic OH excluding ortho intramolecular Hbond substituents is 1. The normalized spacial score (nSPS) is 10.8. The lowest BCUT2D eigenvalue weighted by molar-refractivity contribution is 0.474. The van der Waals surface area contributed by atoms with Crippen LogP contribution in [0.5, 0.6) is 5.75 Å². The number of aromatic nitrogens is 2. The molecule has 0 aliphatic rings. The van der Waals surface area contributed by atoms with Gasteiger partial charge >= 0.3 is 0 Å². The van der Waals surface area contributed by atoms with Crippen LogP contribution in [-0.2, 0) is 7.05 Å². The molecule has 0 bridgehead atoms. The number of benzene rings is 1. The third-order valence-electron chi connectivity index (χ3n) is 2.62. The number of nitrogen functional groups attached to an aromatic ring is 1. The van der Waals surface area contributed by atoms with Crippen LogP contribution in [0, 0.1) is 12.7 Å². The van der Waals surface area contributed by atoms with E-state index in [0.717, 1.165) is 6.07 Å². The molecule has 0 spiro atoms. The van der Waals surface area contributed by atoms with Gasteiger partial charge in [-0.05, 0) is 18.6 Å². The van der Waals surface area contributed by atoms with Crippen molar-refractivity contribution in [1.82, 2.24) is 9.78 Å². The zero-order valence-electron chi connectivity index (χ0n) is 9.33. The molecule has 4 nitrogen and oxygen atoms in total. The van der Waals surface area contributed by atoms with Crippen molar-refractivity contribution in [2.24, 2.45) is 7.05 Å². The van der Waals surface area contributed by atoms with Crippen LogP contribution in [0.25, 0.3) is 11.3 Å². The molecule has 0 saturated heterocycles. The third kappa shape index (κ3) is 1.82. The molecule has 17 heavy (non-hydrogen) atoms. The summed E-state index contributed by atoms with van der Waals surface area (Å²) in [5.41, 5.74) is 6.58. The van der Waals surface area contributed by atoms with Gasteiger partial charge in [0.2, 0.25) is 0 Å². The summed E-state index contributed by atoms with van der Waals surface area (Å²) < 4.78 is 15.0. The van der Waals surface area contributed by atoms with Crippen LogP contribution in [0.1, 0.15) is 5.56 Å². The van der Waals surface area contributed by atoms with E-state index in [1.165, 1.54) is 4.68 Å². The minimum atomic E-state index is -0.493. The Hall–Kier alpha value is -1.75. The van der Waals surface area contributed by atoms with E-state index in [2.05, 4.69) is 5.10 Å². The van der Waals surface area contributed by atoms with Crippen molar-refractivity contribution in [3.05, 3.63) is 28.5 Å². The first kappa shape index (κ1) is 11.7. The van der Waals surface area contributed by atoms with Gasteiger partial charge in [0.1, 0.15) is 17.4 Å². The molecule has 0 saturated carbocycles. The van der Waals surface area contributed by atoms with Crippen LogP contribution in [0.2, 0.25) is 5.02 Å². The fourth-order valence-electron chi connectivity index (χ4n) is 1.62. The number of nitrogens with two attached hydrogens (primary N) is 1. The van der Waals surface area contributed by atoms with E-state index >= 15 is 0 Å². The zero-order chi connectivity index (χ0) is 12.7. The SMILES string of the molecule is Cc1c(F)cc(Cl)c(O)c1-c1cc(N)n(C)n1. The summed E-state index contributed by atoms with van der Waals surface area (Å²) >= 11 is 5.73. The molecule has 2 aromatic rings. The van der Waals surface area contributed by atoms with Crippen LogP contribution < -0.4 is 5.73 Å². The van der Waals surface area contributed by atoms with Gasteiger partial charge in [0, 0.05) is 13.1 Å². The largest absolute Gasteiger partial charge is 0.506 e. The Kier molecular flexibility index (Phi) is 2.71. The van der Waals surface area contributed by atoms with Crippen molar-refractivity contribution >= 4 is 17.4 Å². The van der Waals surface area contributed by atoms with Gasteiger partial charge in [0.05, 0.1) is 16.3 Å². The van der Waals surface area contributed by atoms with Crippen LogP contribution in [0.15, 0.2) is 12.1 Å². The molecule has 0 amide bonds. The molecule has 1 heterocycles. The summed E-state index contributed by atoms with van der Waals surface area (Å²) in [6.07, 6.45) is 0. The number of aryl methyl sites for hydroxylation is 1. The lowest BCUT2D eigenvalue weighted by Crippen LogP contribution is -1.97. The summed E-state index contributed by atoms with van der Waals surface area (Å²) in [5, 5.41) is 13.9. The molecule has 0 atom stereocenters. The van der Waals surface area contributed by atoms with Crippen molar-refractivity contribution in [2.75, 3.05) is 5.73 Å². The molecular weight excluding hydrogens is 245 g/mol. The molecule has 1 aromatic heterocycles. The highest BCUT2D eigenvalue weighted by Crippen LogP contribution is 2.38. The van der Waals surface area contributed by atoms with Crippen molar-refractivity contribution in [3.63, 3.8) is 0 Å². The Morgan fingerprint density at radius 1 is 1.47 bits per heavy atom. The fraction of sp³-hybridized carbons (Fsp3) is 0.182. The van der Waals surface area contributed by atoms with Gasteiger partial charge in [-0.15, -0.1) is 0 Å². The number of hydrogen-bond acceptors (Lipinski definition) is 3. The lowest BCUT2D eigenvalue weighted by atomic mass is 10.0. The fourth-order valence-corrected chi connectivity index (χ4v) is 1.81. The average Bonchev–Trinajstić information content (AvgIpc) is 2.57. The van der Waals surface area contributed by atoms with Gasteiger partial charge in [0.15, 0.2) is 0 Å². The predicted octanol–water partition coefficient (Wildman–Crippen LogP) is 2.48. The van der Waals surface area contributed by atoms with Crippen LogP contribution >= 0.6 is 11.6 Å². The van der Waals surface area contributed by atoms with Crippen molar-refractivity contribution in [2.45, 2.75) is 6.92 Å². The first-order chi connectivity index (χ1) is 7.91. The Morgan fingerprint density at radius 3 is 2.65 bits per heavy atom. The van der Waals surface area contributed by atoms with E-state index in [1.807, 2.05) is 0 Å². The zero-order valence-corrected chi connectivity index (χ0v) is 10.1. The second kappa shape index (κ2) is 3.92. The van der Waals surface area contributed by atoms with E-state index < -0.39 is 5.82 Å². The number of nitrogens with zero attached hydrogens (tertiary/aromatic N) is 2. The summed E-state index contributed by atoms with van der Waals surface area (Å²) in [4.78, 5) is 0. The minimum absolute atomic E-state index is 0.0488. The Bertz CT molecular complexity index is 549. The van der Waals surface area contributed by atoms with Crippen molar-refractivity contribution in [1.29, 1.82) is 0 Å². The van der Waals surface area contributed by atoms with Gasteiger partial charge < -0.3 is 10.8 Å². The van der Waals surface area contributed by atoms with E-state index in [9.17, 15) is 9.50 Å². The summed E-state index contributed by atoms with van der Waals surface area (Å²) in [5.74, 6) is -0.269. The summed E-state index contributed by atoms with van der Waals surface area (Å²) in [7, 11) is 1.66. The minimum Gasteiger partial charge on any atom is -0.506 e. The molecule has 1 aromatic carbocycles. The second-order valence-corrected chi connectivity index (χ2v) is 4.17. The smallest absolute Gasteiger partial charge is 0.144 e. The molecule has 0 radical (unpaired) electrons. The summed E-state index contributed by atoms with van der Waals surface area (Å²) in [6, 6.07) is 2.62. The molecule has 3 N–H and O–H groups in total. The van der Waals surface area contributed by atoms with E-state index in [0.29, 0.717) is 11.5 Å². The number of phenols is 1. The number of halogens is 2. The number of rotatable bonds is 1. The Balaban J connectivity index is 2.74. The Morgan fingerprint density at radius 2 is 2.12 bits per heavy atom. The van der Waals surface area contributed by atoms with Gasteiger partial charge in [-0.3, -0.25) is 4.68 Å². The van der Waals surface area contributed by atoms with Crippen LogP contribution in [0.3, 0.4) is 0 Å². The molecule has 6 heteroatoms. The quantitative estimate of drug-likeness (QED) is 0.823. The number of aromatic hydroxyl groups is 1. The highest BCUT2D eigenvalue weighted by Gasteiger charge is 2.18. The van der Waals surface area contributed by atoms with Gasteiger partial charge in [-0.2, -0.15) is 5.10 Å². The standard InChI is InChI=1S/C11H11ClFN3O/c1-5-7(13)3-6(12)11(17)10(5)8-4-9(14)16(2)15-8/h3-4,17H,14H2,1-2H3. The third-order valence-corrected chi connectivity index (χ3v) is 2.91. The van der Waals surface area contributed by atoms with Gasteiger partial charge in [-0.25, -0.2) is 4.39 Å². The first-order valence-electron chi connectivity index (χ1n) is 4.89. The molecule has 0 fully saturated rings. The van der Waals surface area contributed by atoms with E-state index in [1.54, 1.807) is 20.0 Å². The lowest BCUT2D eigenvalue weighted by Gasteiger charge is -2.08. The molecule has 0 unspecified atom stereocenters. The van der Waals surface area contributed by atoms with Crippen LogP contribution in [-0.4, -0.2) is 14.9 Å². The molecular formula is C11H11ClFN3O. The maximum atomic E-state index is 13.6. The van der Waals surface area contributed by atoms with Crippen LogP contribution in [0.4, 0.5) is 10.2 Å². The van der Waals surface area contributed by atoms with Gasteiger partial charge in [0.25, 0.3) is 0 Å². The monoisotopic (exact) mass is 255 g/mol. The highest BCUT2D eigenvalue weighted by molar-refractivity contribution is 6.32. The topological polar surface area (TPSA) is 64.1 Å². The summed E-state index contributed by atoms with van der Waals surface area (Å²) in [6.45, 7) is 1.55. The van der Waals surface area contributed by atoms with Crippen molar-refractivity contribution in [3.8, 4) is 17.0 Å². The maximum absolute atomic E-state index is 13.6.